The van der Waals surface area contributed by atoms with Crippen LogP contribution in [0.1, 0.15) is 64.5 Å². The number of likely N-dealkylation sites (tertiary alicyclic amines) is 1. The summed E-state index contributed by atoms with van der Waals surface area (Å²) in [6.45, 7) is 3.97. The Kier molecular flexibility index (Phi) is 10.4. The lowest BCUT2D eigenvalue weighted by Gasteiger charge is -2.38. The summed E-state index contributed by atoms with van der Waals surface area (Å²) < 4.78 is 63.5. The molecule has 0 N–H and O–H groups in total. The highest BCUT2D eigenvalue weighted by Gasteiger charge is 2.47. The van der Waals surface area contributed by atoms with Crippen molar-refractivity contribution in [2.75, 3.05) is 6.54 Å². The summed E-state index contributed by atoms with van der Waals surface area (Å²) in [4.78, 5) is 15.8. The van der Waals surface area contributed by atoms with E-state index in [9.17, 15) is 26.7 Å². The average Bonchev–Trinajstić information content (AvgIpc) is 2.65. The number of aryl methyl sites for hydroxylation is 1. The summed E-state index contributed by atoms with van der Waals surface area (Å²) in [5.41, 5.74) is 0.592. The van der Waals surface area contributed by atoms with E-state index in [0.29, 0.717) is 29.9 Å². The Morgan fingerprint density at radius 2 is 1.93 bits per heavy atom. The Bertz CT molecular complexity index is 594. The first-order valence-corrected chi connectivity index (χ1v) is 9.83. The zero-order chi connectivity index (χ0) is 21.2. The molecule has 0 aliphatic carbocycles. The number of hydrogen-bond donors (Lipinski definition) is 0. The van der Waals surface area contributed by atoms with Crippen LogP contribution in [0.15, 0.2) is 18.3 Å². The Labute approximate surface area is 163 Å². The van der Waals surface area contributed by atoms with Crippen LogP contribution in [-0.2, 0) is 11.2 Å². The van der Waals surface area contributed by atoms with E-state index in [1.165, 1.54) is 6.07 Å². The third-order valence-electron chi connectivity index (χ3n) is 4.66. The van der Waals surface area contributed by atoms with Crippen molar-refractivity contribution in [2.24, 2.45) is 0 Å². The Balaban J connectivity index is 0.000000307. The van der Waals surface area contributed by atoms with Gasteiger partial charge in [0.05, 0.1) is 11.7 Å². The number of alkyl halides is 4. The van der Waals surface area contributed by atoms with Crippen molar-refractivity contribution in [3.05, 3.63) is 29.8 Å². The van der Waals surface area contributed by atoms with Gasteiger partial charge in [0.2, 0.25) is 0 Å². The number of nitrogens with zero attached hydrogens (tertiary/aromatic N) is 2. The highest BCUT2D eigenvalue weighted by Crippen LogP contribution is 2.29. The monoisotopic (exact) mass is 408 g/mol. The van der Waals surface area contributed by atoms with E-state index >= 15 is 0 Å². The van der Waals surface area contributed by atoms with Crippen molar-refractivity contribution >= 4 is 5.91 Å². The molecule has 0 bridgehead atoms. The van der Waals surface area contributed by atoms with E-state index in [1.54, 1.807) is 12.3 Å². The predicted octanol–water partition coefficient (Wildman–Crippen LogP) is 5.63. The normalized spacial score (nSPS) is 19.8. The minimum Gasteiger partial charge on any atom is -0.329 e. The van der Waals surface area contributed by atoms with Crippen LogP contribution in [0.5, 0.6) is 0 Å². The summed E-state index contributed by atoms with van der Waals surface area (Å²) in [7, 11) is 0. The fourth-order valence-electron chi connectivity index (χ4n) is 3.12. The molecule has 1 fully saturated rings. The molecule has 8 heteroatoms. The third kappa shape index (κ3) is 7.72. The molecule has 3 nitrogen and oxygen atoms in total. The first-order valence-electron chi connectivity index (χ1n) is 9.83. The van der Waals surface area contributed by atoms with Gasteiger partial charge in [-0.05, 0) is 44.2 Å². The zero-order valence-electron chi connectivity index (χ0n) is 16.4. The molecule has 160 valence electrons. The van der Waals surface area contributed by atoms with Gasteiger partial charge in [0.1, 0.15) is 12.0 Å². The molecular weight excluding hydrogens is 379 g/mol. The second-order valence-electron chi connectivity index (χ2n) is 6.90. The minimum absolute atomic E-state index is 0.00709. The molecule has 1 aliphatic rings. The quantitative estimate of drug-likeness (QED) is 0.572. The lowest BCUT2D eigenvalue weighted by atomic mass is 9.95. The van der Waals surface area contributed by atoms with Gasteiger partial charge < -0.3 is 4.90 Å². The molecule has 0 radical (unpaired) electrons. The van der Waals surface area contributed by atoms with Crippen LogP contribution in [-0.4, -0.2) is 40.7 Å². The maximum absolute atomic E-state index is 13.6. The number of halogens is 5. The maximum atomic E-state index is 13.6. The summed E-state index contributed by atoms with van der Waals surface area (Å²) >= 11 is 0. The highest BCUT2D eigenvalue weighted by molar-refractivity contribution is 5.82. The summed E-state index contributed by atoms with van der Waals surface area (Å²) in [5, 5.41) is 0. The maximum Gasteiger partial charge on any atom is 0.471 e. The fourth-order valence-corrected chi connectivity index (χ4v) is 3.12. The molecule has 2 atom stereocenters. The number of rotatable bonds is 6. The molecule has 2 rings (SSSR count). The molecule has 1 aliphatic heterocycles. The Hall–Kier alpha value is -1.73. The molecule has 1 saturated heterocycles. The van der Waals surface area contributed by atoms with Gasteiger partial charge in [0.25, 0.3) is 0 Å². The third-order valence-corrected chi connectivity index (χ3v) is 4.66. The standard InChI is InChI=1S/C11H17F4NO.C9H12FN/c1-2-3-6-9-8(12)5-4-7-16(9)10(17)11(13,14)15;1-2-3-6-9-8(10)5-4-7-11-9/h8-9H,2-7H2,1H3;4-5,7H,2-3,6H2,1H3/t8-,9-;/m0./s1. The molecule has 1 aromatic rings. The molecular formula is C20H29F5N2O. The second kappa shape index (κ2) is 12.0. The summed E-state index contributed by atoms with van der Waals surface area (Å²) in [5.74, 6) is -2.08. The molecule has 0 aromatic carbocycles. The first kappa shape index (κ1) is 24.3. The van der Waals surface area contributed by atoms with E-state index in [1.807, 2.05) is 6.92 Å². The van der Waals surface area contributed by atoms with E-state index in [4.69, 9.17) is 0 Å². The van der Waals surface area contributed by atoms with Crippen LogP contribution in [0.3, 0.4) is 0 Å². The molecule has 0 saturated carbocycles. The van der Waals surface area contributed by atoms with Crippen LogP contribution >= 0.6 is 0 Å². The first-order chi connectivity index (χ1) is 13.2. The molecule has 28 heavy (non-hydrogen) atoms. The lowest BCUT2D eigenvalue weighted by Crippen LogP contribution is -2.53. The summed E-state index contributed by atoms with van der Waals surface area (Å²) in [6.07, 6.45) is 0.495. The molecule has 1 aromatic heterocycles. The van der Waals surface area contributed by atoms with Gasteiger partial charge in [-0.25, -0.2) is 8.78 Å². The average molecular weight is 408 g/mol. The Morgan fingerprint density at radius 3 is 2.50 bits per heavy atom. The number of amides is 1. The number of hydrogen-bond acceptors (Lipinski definition) is 2. The van der Waals surface area contributed by atoms with Crippen LogP contribution in [0.4, 0.5) is 22.0 Å². The number of pyridine rings is 1. The van der Waals surface area contributed by atoms with E-state index in [2.05, 4.69) is 11.9 Å². The topological polar surface area (TPSA) is 33.2 Å². The minimum atomic E-state index is -4.90. The number of unbranched alkanes of at least 4 members (excludes halogenated alkanes) is 2. The van der Waals surface area contributed by atoms with Crippen LogP contribution in [0.2, 0.25) is 0 Å². The van der Waals surface area contributed by atoms with Crippen molar-refractivity contribution in [2.45, 2.75) is 83.6 Å². The molecule has 1 amide bonds. The number of carbonyl (C=O) groups is 1. The van der Waals surface area contributed by atoms with Gasteiger partial charge >= 0.3 is 12.1 Å². The molecule has 0 spiro atoms. The highest BCUT2D eigenvalue weighted by atomic mass is 19.4. The van der Waals surface area contributed by atoms with Gasteiger partial charge in [0.15, 0.2) is 0 Å². The van der Waals surface area contributed by atoms with Crippen molar-refractivity contribution in [3.63, 3.8) is 0 Å². The van der Waals surface area contributed by atoms with Gasteiger partial charge in [-0.15, -0.1) is 0 Å². The fraction of sp³-hybridized carbons (Fsp3) is 0.700. The van der Waals surface area contributed by atoms with Crippen LogP contribution < -0.4 is 0 Å². The van der Waals surface area contributed by atoms with Crippen LogP contribution in [0.25, 0.3) is 0 Å². The number of aromatic nitrogens is 1. The molecule has 0 unspecified atom stereocenters. The lowest BCUT2D eigenvalue weighted by molar-refractivity contribution is -0.191. The van der Waals surface area contributed by atoms with E-state index in [0.717, 1.165) is 25.7 Å². The van der Waals surface area contributed by atoms with Crippen LogP contribution in [0, 0.1) is 5.82 Å². The molecule has 2 heterocycles. The number of carbonyl (C=O) groups excluding carboxylic acids is 1. The predicted molar refractivity (Wildman–Crippen MR) is 98.0 cm³/mol. The van der Waals surface area contributed by atoms with Gasteiger partial charge in [-0.2, -0.15) is 13.2 Å². The van der Waals surface area contributed by atoms with Gasteiger partial charge in [-0.3, -0.25) is 9.78 Å². The Morgan fingerprint density at radius 1 is 1.25 bits per heavy atom. The van der Waals surface area contributed by atoms with Crippen molar-refractivity contribution in [3.8, 4) is 0 Å². The van der Waals surface area contributed by atoms with Crippen molar-refractivity contribution in [1.82, 2.24) is 9.88 Å². The van der Waals surface area contributed by atoms with Gasteiger partial charge in [0, 0.05) is 12.7 Å². The zero-order valence-corrected chi connectivity index (χ0v) is 16.4. The van der Waals surface area contributed by atoms with E-state index in [-0.39, 0.29) is 18.8 Å². The second-order valence-corrected chi connectivity index (χ2v) is 6.90. The summed E-state index contributed by atoms with van der Waals surface area (Å²) in [6, 6.07) is 2.17. The van der Waals surface area contributed by atoms with Crippen molar-refractivity contribution in [1.29, 1.82) is 0 Å². The van der Waals surface area contributed by atoms with Crippen molar-refractivity contribution < 1.29 is 26.7 Å². The van der Waals surface area contributed by atoms with Gasteiger partial charge in [-0.1, -0.05) is 33.1 Å². The smallest absolute Gasteiger partial charge is 0.329 e. The largest absolute Gasteiger partial charge is 0.471 e. The SMILES string of the molecule is CCCC[C@H]1[C@@H](F)CCCN1C(=O)C(F)(F)F.CCCCc1ncccc1F. The number of piperidine rings is 1. The van der Waals surface area contributed by atoms with E-state index < -0.39 is 24.3 Å².